The van der Waals surface area contributed by atoms with Gasteiger partial charge in [-0.3, -0.25) is 4.99 Å². The van der Waals surface area contributed by atoms with E-state index in [2.05, 4.69) is 34.6 Å². The van der Waals surface area contributed by atoms with Gasteiger partial charge in [0, 0.05) is 38.9 Å². The molecule has 1 aliphatic rings. The molecule has 1 aliphatic heterocycles. The quantitative estimate of drug-likeness (QED) is 0.308. The molecule has 0 bridgehead atoms. The van der Waals surface area contributed by atoms with Gasteiger partial charge in [-0.05, 0) is 44.6 Å². The molecule has 2 N–H and O–H groups in total. The summed E-state index contributed by atoms with van der Waals surface area (Å²) < 4.78 is 21.8. The van der Waals surface area contributed by atoms with Gasteiger partial charge in [-0.2, -0.15) is 0 Å². The molecule has 166 valence electrons. The van der Waals surface area contributed by atoms with Crippen LogP contribution in [-0.4, -0.2) is 78.6 Å². The Bertz CT molecular complexity index is 639. The molecule has 9 heteroatoms. The largest absolute Gasteiger partial charge is 0.493 e. The maximum absolute atomic E-state index is 5.54. The first-order chi connectivity index (χ1) is 13.5. The van der Waals surface area contributed by atoms with E-state index in [0.29, 0.717) is 23.8 Å². The van der Waals surface area contributed by atoms with Crippen LogP contribution in [0.4, 0.5) is 0 Å². The van der Waals surface area contributed by atoms with Crippen molar-refractivity contribution in [3.05, 3.63) is 17.7 Å². The summed E-state index contributed by atoms with van der Waals surface area (Å²) in [6.07, 6.45) is 1.99. The monoisotopic (exact) mass is 522 g/mol. The molecular weight excluding hydrogens is 487 g/mol. The lowest BCUT2D eigenvalue weighted by atomic mass is 9.88. The second kappa shape index (κ2) is 12.3. The van der Waals surface area contributed by atoms with E-state index in [-0.39, 0.29) is 29.5 Å². The van der Waals surface area contributed by atoms with E-state index in [4.69, 9.17) is 18.9 Å². The molecule has 0 atom stereocenters. The molecule has 1 heterocycles. The molecule has 0 amide bonds. The van der Waals surface area contributed by atoms with Crippen LogP contribution < -0.4 is 24.8 Å². The molecule has 29 heavy (non-hydrogen) atoms. The highest BCUT2D eigenvalue weighted by Gasteiger charge is 2.34. The summed E-state index contributed by atoms with van der Waals surface area (Å²) in [4.78, 5) is 6.64. The fourth-order valence-corrected chi connectivity index (χ4v) is 3.43. The average Bonchev–Trinajstić information content (AvgIpc) is 2.73. The molecule has 0 saturated carbocycles. The highest BCUT2D eigenvalue weighted by molar-refractivity contribution is 14.0. The van der Waals surface area contributed by atoms with Gasteiger partial charge in [-0.1, -0.05) is 0 Å². The van der Waals surface area contributed by atoms with E-state index in [1.54, 1.807) is 28.4 Å². The number of benzene rings is 1. The molecule has 0 spiro atoms. The van der Waals surface area contributed by atoms with Gasteiger partial charge in [0.15, 0.2) is 17.5 Å². The van der Waals surface area contributed by atoms with Crippen LogP contribution >= 0.6 is 24.0 Å². The minimum atomic E-state index is 0. The molecule has 1 aromatic rings. The zero-order valence-corrected chi connectivity index (χ0v) is 20.7. The normalized spacial score (nSPS) is 16.0. The van der Waals surface area contributed by atoms with Crippen LogP contribution in [0.2, 0.25) is 0 Å². The molecule has 1 fully saturated rings. The lowest BCUT2D eigenvalue weighted by Crippen LogP contribution is -2.57. The highest BCUT2D eigenvalue weighted by Crippen LogP contribution is 2.38. The first-order valence-electron chi connectivity index (χ1n) is 9.48. The third-order valence-corrected chi connectivity index (χ3v) is 5.37. The SMILES string of the molecule is CN=C(NCc1cc(OC)c(OC)c(OC)c1)NCC1(N(C)C)CCOCC1.I. The molecule has 0 unspecified atom stereocenters. The molecule has 2 rings (SSSR count). The van der Waals surface area contributed by atoms with Crippen molar-refractivity contribution in [1.82, 2.24) is 15.5 Å². The van der Waals surface area contributed by atoms with Crippen molar-refractivity contribution >= 4 is 29.9 Å². The maximum Gasteiger partial charge on any atom is 0.203 e. The number of ether oxygens (including phenoxy) is 4. The smallest absolute Gasteiger partial charge is 0.203 e. The minimum absolute atomic E-state index is 0. The first kappa shape index (κ1) is 25.6. The Balaban J connectivity index is 0.00000420. The second-order valence-corrected chi connectivity index (χ2v) is 7.04. The highest BCUT2D eigenvalue weighted by atomic mass is 127. The van der Waals surface area contributed by atoms with Crippen molar-refractivity contribution in [2.45, 2.75) is 24.9 Å². The van der Waals surface area contributed by atoms with Crippen molar-refractivity contribution < 1.29 is 18.9 Å². The van der Waals surface area contributed by atoms with Crippen LogP contribution in [0.3, 0.4) is 0 Å². The fourth-order valence-electron chi connectivity index (χ4n) is 3.43. The summed E-state index contributed by atoms with van der Waals surface area (Å²) in [7, 11) is 10.9. The molecule has 0 aromatic heterocycles. The van der Waals surface area contributed by atoms with E-state index < -0.39 is 0 Å². The topological polar surface area (TPSA) is 76.6 Å². The zero-order valence-electron chi connectivity index (χ0n) is 18.3. The summed E-state index contributed by atoms with van der Waals surface area (Å²) in [5.41, 5.74) is 1.08. The molecule has 1 aromatic carbocycles. The Labute approximate surface area is 191 Å². The van der Waals surface area contributed by atoms with Crippen molar-refractivity contribution in [2.75, 3.05) is 62.2 Å². The van der Waals surface area contributed by atoms with Crippen LogP contribution in [-0.2, 0) is 11.3 Å². The van der Waals surface area contributed by atoms with E-state index >= 15 is 0 Å². The van der Waals surface area contributed by atoms with Gasteiger partial charge in [0.1, 0.15) is 0 Å². The molecule has 1 saturated heterocycles. The minimum Gasteiger partial charge on any atom is -0.493 e. The van der Waals surface area contributed by atoms with Crippen molar-refractivity contribution in [3.63, 3.8) is 0 Å². The van der Waals surface area contributed by atoms with Crippen LogP contribution in [0.1, 0.15) is 18.4 Å². The number of hydrogen-bond donors (Lipinski definition) is 2. The number of aliphatic imine (C=N–C) groups is 1. The second-order valence-electron chi connectivity index (χ2n) is 7.04. The van der Waals surface area contributed by atoms with Crippen LogP contribution in [0.15, 0.2) is 17.1 Å². The maximum atomic E-state index is 5.54. The van der Waals surface area contributed by atoms with Crippen molar-refractivity contribution in [1.29, 1.82) is 0 Å². The standard InChI is InChI=1S/C20H34N4O4.HI/c1-21-19(23-14-20(24(2)3)7-9-28-10-8-20)22-13-15-11-16(25-4)18(27-6)17(12-15)26-5;/h11-12H,7-10,13-14H2,1-6H3,(H2,21,22,23);1H. The average molecular weight is 522 g/mol. The number of rotatable bonds is 8. The van der Waals surface area contributed by atoms with E-state index in [0.717, 1.165) is 44.1 Å². The number of nitrogens with zero attached hydrogens (tertiary/aromatic N) is 2. The lowest BCUT2D eigenvalue weighted by Gasteiger charge is -2.43. The van der Waals surface area contributed by atoms with Gasteiger partial charge < -0.3 is 34.5 Å². The van der Waals surface area contributed by atoms with Crippen LogP contribution in [0.5, 0.6) is 17.2 Å². The Morgan fingerprint density at radius 2 is 1.66 bits per heavy atom. The number of halogens is 1. The lowest BCUT2D eigenvalue weighted by molar-refractivity contribution is -0.00501. The Hall–Kier alpha value is -1.46. The van der Waals surface area contributed by atoms with Gasteiger partial charge in [0.25, 0.3) is 0 Å². The van der Waals surface area contributed by atoms with Crippen LogP contribution in [0.25, 0.3) is 0 Å². The van der Waals surface area contributed by atoms with Crippen molar-refractivity contribution in [2.24, 2.45) is 4.99 Å². The third-order valence-electron chi connectivity index (χ3n) is 5.37. The Morgan fingerprint density at radius 3 is 2.10 bits per heavy atom. The summed E-state index contributed by atoms with van der Waals surface area (Å²) in [6, 6.07) is 3.86. The number of nitrogens with one attached hydrogen (secondary N) is 2. The van der Waals surface area contributed by atoms with Gasteiger partial charge >= 0.3 is 0 Å². The summed E-state index contributed by atoms with van der Waals surface area (Å²) in [5.74, 6) is 2.61. The predicted octanol–water partition coefficient (Wildman–Crippen LogP) is 2.11. The number of likely N-dealkylation sites (N-methyl/N-ethyl adjacent to an activating group) is 1. The third kappa shape index (κ3) is 6.51. The summed E-state index contributed by atoms with van der Waals surface area (Å²) >= 11 is 0. The molecular formula is C20H35IN4O4. The van der Waals surface area contributed by atoms with Gasteiger partial charge in [-0.25, -0.2) is 0 Å². The Kier molecular flexibility index (Phi) is 10.8. The van der Waals surface area contributed by atoms with E-state index in [1.165, 1.54) is 0 Å². The molecule has 0 aliphatic carbocycles. The zero-order chi connectivity index (χ0) is 20.6. The van der Waals surface area contributed by atoms with Crippen molar-refractivity contribution in [3.8, 4) is 17.2 Å². The number of methoxy groups -OCH3 is 3. The van der Waals surface area contributed by atoms with Crippen LogP contribution in [0, 0.1) is 0 Å². The summed E-state index contributed by atoms with van der Waals surface area (Å²) in [6.45, 7) is 2.96. The van der Waals surface area contributed by atoms with Gasteiger partial charge in [0.2, 0.25) is 5.75 Å². The van der Waals surface area contributed by atoms with Gasteiger partial charge in [0.05, 0.1) is 21.3 Å². The van der Waals surface area contributed by atoms with E-state index in [9.17, 15) is 0 Å². The Morgan fingerprint density at radius 1 is 1.07 bits per heavy atom. The predicted molar refractivity (Wildman–Crippen MR) is 126 cm³/mol. The first-order valence-corrected chi connectivity index (χ1v) is 9.48. The van der Waals surface area contributed by atoms with Gasteiger partial charge in [-0.15, -0.1) is 24.0 Å². The number of guanidine groups is 1. The van der Waals surface area contributed by atoms with E-state index in [1.807, 2.05) is 12.1 Å². The number of hydrogen-bond acceptors (Lipinski definition) is 6. The fraction of sp³-hybridized carbons (Fsp3) is 0.650. The summed E-state index contributed by atoms with van der Waals surface area (Å²) in [5, 5.41) is 6.82. The molecule has 0 radical (unpaired) electrons. The molecule has 8 nitrogen and oxygen atoms in total.